The highest BCUT2D eigenvalue weighted by Crippen LogP contribution is 2.38. The molecule has 1 saturated heterocycles. The summed E-state index contributed by atoms with van der Waals surface area (Å²) in [6.07, 6.45) is -1.99. The Morgan fingerprint density at radius 3 is 2.65 bits per heavy atom. The third kappa shape index (κ3) is 5.07. The molecule has 0 aliphatic carbocycles. The van der Waals surface area contributed by atoms with Gasteiger partial charge in [0.2, 0.25) is 5.89 Å². The lowest BCUT2D eigenvalue weighted by atomic mass is 9.96. The molecule has 132 valence electrons. The lowest BCUT2D eigenvalue weighted by Gasteiger charge is -2.17. The second-order valence-corrected chi connectivity index (χ2v) is 5.49. The summed E-state index contributed by atoms with van der Waals surface area (Å²) in [5.41, 5.74) is 0. The number of aliphatic carboxylic acids is 1. The van der Waals surface area contributed by atoms with Gasteiger partial charge in [0.05, 0.1) is 18.4 Å². The topological polar surface area (TPSA) is 79.5 Å². The molecule has 2 heterocycles. The molecule has 6 nitrogen and oxygen atoms in total. The summed E-state index contributed by atoms with van der Waals surface area (Å²) in [4.78, 5) is 16.5. The molecule has 10 heteroatoms. The SMILES string of the molecule is CCCCc1noc(CN2C[C@@H](C(F)(F)F)[C@H](C(=O)O)C2)n1.Cl. The van der Waals surface area contributed by atoms with Crippen LogP contribution in [-0.4, -0.2) is 45.4 Å². The number of halogens is 4. The molecule has 1 aliphatic heterocycles. The van der Waals surface area contributed by atoms with Crippen molar-refractivity contribution in [3.05, 3.63) is 11.7 Å². The minimum atomic E-state index is -4.53. The number of carboxylic acids is 1. The standard InChI is InChI=1S/C13H18F3N3O3.ClH/c1-2-3-4-10-17-11(22-18-10)7-19-5-8(12(20)21)9(6-19)13(14,15)16;/h8-9H,2-7H2,1H3,(H,20,21);1H/t8-,9-;/m1./s1. The number of hydrogen-bond donors (Lipinski definition) is 1. The van der Waals surface area contributed by atoms with Gasteiger partial charge in [-0.05, 0) is 6.42 Å². The number of carbonyl (C=O) groups is 1. The Hall–Kier alpha value is -1.35. The van der Waals surface area contributed by atoms with E-state index in [1.54, 1.807) is 0 Å². The van der Waals surface area contributed by atoms with E-state index in [9.17, 15) is 18.0 Å². The van der Waals surface area contributed by atoms with Gasteiger partial charge in [-0.3, -0.25) is 9.69 Å². The van der Waals surface area contributed by atoms with E-state index < -0.39 is 24.0 Å². The van der Waals surface area contributed by atoms with Crippen LogP contribution in [-0.2, 0) is 17.8 Å². The lowest BCUT2D eigenvalue weighted by molar-refractivity contribution is -0.188. The fourth-order valence-corrected chi connectivity index (χ4v) is 2.58. The Kier molecular flexibility index (Phi) is 6.82. The van der Waals surface area contributed by atoms with Crippen LogP contribution < -0.4 is 0 Å². The van der Waals surface area contributed by atoms with Crippen molar-refractivity contribution in [3.8, 4) is 0 Å². The maximum atomic E-state index is 12.9. The number of nitrogens with zero attached hydrogens (tertiary/aromatic N) is 3. The van der Waals surface area contributed by atoms with Crippen LogP contribution in [0.2, 0.25) is 0 Å². The summed E-state index contributed by atoms with van der Waals surface area (Å²) in [5, 5.41) is 12.7. The zero-order valence-electron chi connectivity index (χ0n) is 12.5. The molecule has 1 aliphatic rings. The molecule has 0 bridgehead atoms. The van der Waals surface area contributed by atoms with Crippen molar-refractivity contribution in [2.45, 2.75) is 38.9 Å². The number of aryl methyl sites for hydroxylation is 1. The summed E-state index contributed by atoms with van der Waals surface area (Å²) in [6, 6.07) is 0. The molecule has 0 amide bonds. The second-order valence-electron chi connectivity index (χ2n) is 5.49. The molecule has 1 aromatic heterocycles. The van der Waals surface area contributed by atoms with E-state index in [0.717, 1.165) is 12.8 Å². The van der Waals surface area contributed by atoms with Gasteiger partial charge in [0, 0.05) is 19.5 Å². The first kappa shape index (κ1) is 19.7. The van der Waals surface area contributed by atoms with Crippen LogP contribution in [0, 0.1) is 11.8 Å². The normalized spacial score (nSPS) is 22.1. The molecule has 2 atom stereocenters. The van der Waals surface area contributed by atoms with Gasteiger partial charge < -0.3 is 9.63 Å². The molecule has 1 N–H and O–H groups in total. The van der Waals surface area contributed by atoms with Gasteiger partial charge in [-0.1, -0.05) is 18.5 Å². The summed E-state index contributed by atoms with van der Waals surface area (Å²) < 4.78 is 43.7. The van der Waals surface area contributed by atoms with Crippen LogP contribution in [0.4, 0.5) is 13.2 Å². The van der Waals surface area contributed by atoms with E-state index in [-0.39, 0.29) is 37.9 Å². The largest absolute Gasteiger partial charge is 0.481 e. The minimum absolute atomic E-state index is 0. The van der Waals surface area contributed by atoms with E-state index in [0.29, 0.717) is 12.2 Å². The molecule has 1 aromatic rings. The zero-order chi connectivity index (χ0) is 16.3. The van der Waals surface area contributed by atoms with E-state index in [2.05, 4.69) is 10.1 Å². The van der Waals surface area contributed by atoms with Gasteiger partial charge in [0.1, 0.15) is 0 Å². The second kappa shape index (κ2) is 7.96. The van der Waals surface area contributed by atoms with E-state index in [1.807, 2.05) is 6.92 Å². The van der Waals surface area contributed by atoms with Crippen LogP contribution in [0.25, 0.3) is 0 Å². The van der Waals surface area contributed by atoms with Crippen molar-refractivity contribution in [2.75, 3.05) is 13.1 Å². The first-order valence-corrected chi connectivity index (χ1v) is 7.14. The number of likely N-dealkylation sites (tertiary alicyclic amines) is 1. The Labute approximate surface area is 137 Å². The third-order valence-electron chi connectivity index (χ3n) is 3.76. The summed E-state index contributed by atoms with van der Waals surface area (Å²) >= 11 is 0. The Bertz CT molecular complexity index is 524. The Morgan fingerprint density at radius 1 is 1.43 bits per heavy atom. The Morgan fingerprint density at radius 2 is 2.13 bits per heavy atom. The third-order valence-corrected chi connectivity index (χ3v) is 3.76. The molecule has 0 unspecified atom stereocenters. The molecule has 0 saturated carbocycles. The van der Waals surface area contributed by atoms with Gasteiger partial charge in [0.25, 0.3) is 0 Å². The summed E-state index contributed by atoms with van der Waals surface area (Å²) in [7, 11) is 0. The van der Waals surface area contributed by atoms with E-state index in [1.165, 1.54) is 4.90 Å². The summed E-state index contributed by atoms with van der Waals surface area (Å²) in [6.45, 7) is 1.52. The van der Waals surface area contributed by atoms with Crippen LogP contribution >= 0.6 is 12.4 Å². The molecular weight excluding hydrogens is 339 g/mol. The number of carboxylic acid groups (broad SMARTS) is 1. The highest BCUT2D eigenvalue weighted by molar-refractivity contribution is 5.85. The molecule has 23 heavy (non-hydrogen) atoms. The number of aromatic nitrogens is 2. The summed E-state index contributed by atoms with van der Waals surface area (Å²) in [5.74, 6) is -4.01. The van der Waals surface area contributed by atoms with Crippen molar-refractivity contribution in [2.24, 2.45) is 11.8 Å². The molecule has 0 spiro atoms. The highest BCUT2D eigenvalue weighted by Gasteiger charge is 2.52. The number of hydrogen-bond acceptors (Lipinski definition) is 5. The smallest absolute Gasteiger partial charge is 0.393 e. The minimum Gasteiger partial charge on any atom is -0.481 e. The maximum Gasteiger partial charge on any atom is 0.393 e. The quantitative estimate of drug-likeness (QED) is 0.842. The molecule has 0 radical (unpaired) electrons. The fourth-order valence-electron chi connectivity index (χ4n) is 2.58. The van der Waals surface area contributed by atoms with Crippen molar-refractivity contribution < 1.29 is 27.6 Å². The molecular formula is C13H19ClF3N3O3. The maximum absolute atomic E-state index is 12.9. The van der Waals surface area contributed by atoms with Gasteiger partial charge in [-0.15, -0.1) is 12.4 Å². The number of alkyl halides is 3. The van der Waals surface area contributed by atoms with Crippen LogP contribution in [0.1, 0.15) is 31.5 Å². The average Bonchev–Trinajstić information content (AvgIpc) is 3.03. The first-order valence-electron chi connectivity index (χ1n) is 7.14. The monoisotopic (exact) mass is 357 g/mol. The highest BCUT2D eigenvalue weighted by atomic mass is 35.5. The molecule has 0 aromatic carbocycles. The molecule has 1 fully saturated rings. The van der Waals surface area contributed by atoms with Crippen LogP contribution in [0.5, 0.6) is 0 Å². The van der Waals surface area contributed by atoms with Gasteiger partial charge in [-0.2, -0.15) is 18.2 Å². The van der Waals surface area contributed by atoms with Crippen molar-refractivity contribution >= 4 is 18.4 Å². The van der Waals surface area contributed by atoms with Crippen LogP contribution in [0.3, 0.4) is 0 Å². The Balaban J connectivity index is 0.00000264. The van der Waals surface area contributed by atoms with Crippen molar-refractivity contribution in [1.29, 1.82) is 0 Å². The average molecular weight is 358 g/mol. The predicted octanol–water partition coefficient (Wildman–Crippen LogP) is 2.53. The van der Waals surface area contributed by atoms with Crippen molar-refractivity contribution in [1.82, 2.24) is 15.0 Å². The van der Waals surface area contributed by atoms with Gasteiger partial charge in [-0.25, -0.2) is 0 Å². The van der Waals surface area contributed by atoms with E-state index in [4.69, 9.17) is 9.63 Å². The predicted molar refractivity (Wildman–Crippen MR) is 76.1 cm³/mol. The van der Waals surface area contributed by atoms with Gasteiger partial charge in [0.15, 0.2) is 5.82 Å². The molecule has 2 rings (SSSR count). The lowest BCUT2D eigenvalue weighted by Crippen LogP contribution is -2.33. The fraction of sp³-hybridized carbons (Fsp3) is 0.769. The van der Waals surface area contributed by atoms with Gasteiger partial charge >= 0.3 is 12.1 Å². The first-order chi connectivity index (χ1) is 10.3. The number of rotatable bonds is 6. The van der Waals surface area contributed by atoms with Crippen LogP contribution in [0.15, 0.2) is 4.52 Å². The number of unbranched alkanes of at least 4 members (excludes halogenated alkanes) is 1. The zero-order valence-corrected chi connectivity index (χ0v) is 13.4. The van der Waals surface area contributed by atoms with E-state index >= 15 is 0 Å². The van der Waals surface area contributed by atoms with Crippen molar-refractivity contribution in [3.63, 3.8) is 0 Å².